The van der Waals surface area contributed by atoms with Crippen molar-refractivity contribution in [3.05, 3.63) is 136 Å². The minimum absolute atomic E-state index is 0. The normalized spacial score (nSPS) is 21.6. The summed E-state index contributed by atoms with van der Waals surface area (Å²) in [6.07, 6.45) is 45.6. The second kappa shape index (κ2) is 49.8. The first-order valence-electron chi connectivity index (χ1n) is 39.7. The van der Waals surface area contributed by atoms with Crippen molar-refractivity contribution in [3.63, 3.8) is 0 Å². The summed E-state index contributed by atoms with van der Waals surface area (Å²) in [6.45, 7) is 31.0. The van der Waals surface area contributed by atoms with E-state index in [1.807, 2.05) is 69.9 Å². The van der Waals surface area contributed by atoms with E-state index in [9.17, 15) is 0 Å². The fraction of sp³-hybridized carbons (Fsp3) is 0.682. The van der Waals surface area contributed by atoms with E-state index in [1.165, 1.54) is 200 Å². The molecular weight excluding hydrogens is 1580 g/mol. The molecule has 0 bridgehead atoms. The van der Waals surface area contributed by atoms with Crippen LogP contribution in [0.5, 0.6) is 0 Å². The second-order valence-corrected chi connectivity index (χ2v) is 51.3. The zero-order valence-electron chi connectivity index (χ0n) is 62.6. The van der Waals surface area contributed by atoms with E-state index in [1.54, 1.807) is 77.0 Å². The number of aryl methyl sites for hydroxylation is 6. The van der Waals surface area contributed by atoms with Gasteiger partial charge in [0.05, 0.1) is 137 Å². The number of anilines is 2. The molecule has 8 nitrogen and oxygen atoms in total. The maximum absolute atomic E-state index is 5.67. The Kier molecular flexibility index (Phi) is 43.4. The molecule has 4 heterocycles. The Morgan fingerprint density at radius 2 is 0.549 bits per heavy atom. The zero-order chi connectivity index (χ0) is 70.3. The molecule has 6 aliphatic carbocycles. The van der Waals surface area contributed by atoms with Crippen LogP contribution in [0, 0.1) is 48.2 Å². The summed E-state index contributed by atoms with van der Waals surface area (Å²) in [7, 11) is 21.8. The van der Waals surface area contributed by atoms with Gasteiger partial charge in [-0.25, -0.2) is 0 Å². The van der Waals surface area contributed by atoms with E-state index in [0.717, 1.165) is 97.8 Å². The van der Waals surface area contributed by atoms with Crippen LogP contribution >= 0.6 is 63.0 Å². The first kappa shape index (κ1) is 88.9. The topological polar surface area (TPSA) is 43.9 Å². The van der Waals surface area contributed by atoms with Crippen LogP contribution in [0.25, 0.3) is 0 Å². The summed E-state index contributed by atoms with van der Waals surface area (Å²) >= 11 is -3.23. The molecule has 0 amide bonds. The van der Waals surface area contributed by atoms with Gasteiger partial charge in [-0.1, -0.05) is 88.8 Å². The van der Waals surface area contributed by atoms with Crippen LogP contribution in [0.1, 0.15) is 252 Å². The van der Waals surface area contributed by atoms with Gasteiger partial charge < -0.3 is 24.0 Å². The molecule has 0 unspecified atom stereocenters. The Morgan fingerprint density at radius 3 is 0.755 bits per heavy atom. The molecule has 580 valence electrons. The second-order valence-electron chi connectivity index (χ2n) is 30.5. The molecule has 4 saturated heterocycles. The number of ether oxygens (including phenoxy) is 3. The summed E-state index contributed by atoms with van der Waals surface area (Å²) < 4.78 is 29.4. The van der Waals surface area contributed by atoms with Gasteiger partial charge in [0.25, 0.3) is 0 Å². The number of hydrogen-bond acceptors (Lipinski definition) is 8. The SMILES string of the molecule is C.C.C1CCC([PH+](C2CCCCC2)N2CCOCC2)CC1.C1CCC([PH+](C2CCCCC2)N2CCOCC2)CC1.C1CCC([PH+](C2CCCCC2)N2CCOCC2)CC1.Cc1cc(C)c(N2[CH-]N(c3c(C)cc(C)cc3C)CC2)c(C)c1.[Cl][Ru]([Cl])=[CH]c1ccccc1.[Cl][Ru]([Cl])=[CH]c1ccccc1. The minimum atomic E-state index is -1.61. The molecule has 102 heavy (non-hydrogen) atoms. The third kappa shape index (κ3) is 29.7. The Bertz CT molecular complexity index is 2550. The first-order valence-corrected chi connectivity index (χ1v) is 55.4. The van der Waals surface area contributed by atoms with Gasteiger partial charge in [0.1, 0.15) is 0 Å². The van der Waals surface area contributed by atoms with Gasteiger partial charge in [0, 0.05) is 24.5 Å². The van der Waals surface area contributed by atoms with Gasteiger partial charge in [-0.3, -0.25) is 0 Å². The Morgan fingerprint density at radius 1 is 0.333 bits per heavy atom. The van der Waals surface area contributed by atoms with Crippen molar-refractivity contribution >= 4 is 83.6 Å². The quantitative estimate of drug-likeness (QED) is 0.0745. The van der Waals surface area contributed by atoms with Crippen molar-refractivity contribution in [2.75, 3.05) is 102 Å². The van der Waals surface area contributed by atoms with Crippen molar-refractivity contribution in [2.45, 2.75) is 283 Å². The molecule has 10 aliphatic rings. The van der Waals surface area contributed by atoms with E-state index in [4.69, 9.17) is 53.0 Å². The number of hydrogen-bond donors (Lipinski definition) is 0. The molecule has 4 aromatic carbocycles. The van der Waals surface area contributed by atoms with Crippen LogP contribution in [0.4, 0.5) is 11.4 Å². The molecule has 0 spiro atoms. The van der Waals surface area contributed by atoms with Gasteiger partial charge in [0.15, 0.2) is 0 Å². The van der Waals surface area contributed by atoms with Crippen LogP contribution in [-0.4, -0.2) is 149 Å². The molecular formula is C85H140Cl4N5O3P3Ru2+2. The molecule has 0 atom stereocenters. The molecule has 6 saturated carbocycles. The zero-order valence-corrected chi connectivity index (χ0v) is 72.1. The summed E-state index contributed by atoms with van der Waals surface area (Å²) in [5.41, 5.74) is 19.7. The maximum atomic E-state index is 5.67. The van der Waals surface area contributed by atoms with Crippen molar-refractivity contribution in [3.8, 4) is 0 Å². The van der Waals surface area contributed by atoms with Crippen LogP contribution in [0.15, 0.2) is 84.9 Å². The first-order chi connectivity index (χ1) is 48.8. The number of benzene rings is 4. The van der Waals surface area contributed by atoms with Gasteiger partial charge in [-0.2, -0.15) is 20.7 Å². The average molecular weight is 1720 g/mol. The number of morpholine rings is 3. The molecule has 4 aliphatic heterocycles. The Labute approximate surface area is 654 Å². The van der Waals surface area contributed by atoms with Gasteiger partial charge >= 0.3 is 147 Å². The third-order valence-corrected chi connectivity index (χ3v) is 38.7. The van der Waals surface area contributed by atoms with Crippen LogP contribution in [0.3, 0.4) is 0 Å². The monoisotopic (exact) mass is 1720 g/mol. The molecule has 0 N–H and O–H groups in total. The van der Waals surface area contributed by atoms with Gasteiger partial charge in [-0.15, -0.1) is 0 Å². The summed E-state index contributed by atoms with van der Waals surface area (Å²) in [6, 6.07) is 28.9. The fourth-order valence-corrected chi connectivity index (χ4v) is 35.6. The van der Waals surface area contributed by atoms with E-state index in [0.29, 0.717) is 0 Å². The fourth-order valence-electron chi connectivity index (χ4n) is 18.7. The number of rotatable bonds is 13. The Hall–Kier alpha value is -0.323. The molecule has 0 aromatic heterocycles. The predicted octanol–water partition coefficient (Wildman–Crippen LogP) is 24.1. The van der Waals surface area contributed by atoms with Gasteiger partial charge in [-0.05, 0) is 218 Å². The summed E-state index contributed by atoms with van der Waals surface area (Å²) in [5.74, 6) is 0. The molecule has 10 fully saturated rings. The summed E-state index contributed by atoms with van der Waals surface area (Å²) in [4.78, 5) is 4.81. The van der Waals surface area contributed by atoms with E-state index >= 15 is 0 Å². The van der Waals surface area contributed by atoms with E-state index in [-0.39, 0.29) is 39.1 Å². The molecule has 17 heteroatoms. The van der Waals surface area contributed by atoms with Crippen molar-refractivity contribution in [2.24, 2.45) is 0 Å². The van der Waals surface area contributed by atoms with Gasteiger partial charge in [0.2, 0.25) is 0 Å². The van der Waals surface area contributed by atoms with Crippen LogP contribution < -0.4 is 9.80 Å². The van der Waals surface area contributed by atoms with E-state index < -0.39 is 27.0 Å². The van der Waals surface area contributed by atoms with E-state index in [2.05, 4.69) is 96.3 Å². The molecule has 14 rings (SSSR count). The van der Waals surface area contributed by atoms with Crippen LogP contribution in [0.2, 0.25) is 0 Å². The van der Waals surface area contributed by atoms with Crippen molar-refractivity contribution < 1.29 is 41.2 Å². The van der Waals surface area contributed by atoms with Crippen molar-refractivity contribution in [1.29, 1.82) is 0 Å². The van der Waals surface area contributed by atoms with Crippen LogP contribution in [-0.2, 0) is 41.2 Å². The summed E-state index contributed by atoms with van der Waals surface area (Å²) in [5, 5.41) is 0. The third-order valence-electron chi connectivity index (χ3n) is 23.0. The standard InChI is InChI=1S/C21H27N2.3C16H30NOP.2C7H6.2CH4.4ClH.2Ru/c1-14-9-16(3)20(17(4)10-14)22-7-8-23(13-22)21-18(5)11-15(2)12-19(21)6;3*1-3-7-15(8-4-1)19(16-9-5-2-6-10-16)17-11-13-18-14-12-17;2*1-7-5-3-2-4-6-7;;;;;;;;/h9-13H,7-8H2,1-6H3;3*15-16H,1-14H2;2*1-6H;2*1H4;4*1H;;/q-1;;;;;;;;;;;;2*+2/p-1. The number of nitrogens with zero attached hydrogens (tertiary/aromatic N) is 5. The predicted molar refractivity (Wildman–Crippen MR) is 454 cm³/mol. The molecule has 4 aromatic rings. The Balaban J connectivity index is 0.000000175. The number of halogens is 4. The van der Waals surface area contributed by atoms with Crippen molar-refractivity contribution in [1.82, 2.24) is 14.0 Å². The average Bonchev–Trinajstić information content (AvgIpc) is 1.57. The molecule has 0 radical (unpaired) electrons.